The zero-order valence-corrected chi connectivity index (χ0v) is 26.1. The first-order valence-corrected chi connectivity index (χ1v) is 15.6. The lowest BCUT2D eigenvalue weighted by Crippen LogP contribution is -2.11. The summed E-state index contributed by atoms with van der Waals surface area (Å²) in [4.78, 5) is 9.99. The van der Waals surface area contributed by atoms with E-state index in [-0.39, 0.29) is 11.2 Å². The molecule has 0 unspecified atom stereocenters. The lowest BCUT2D eigenvalue weighted by atomic mass is 9.84. The molecule has 0 atom stereocenters. The molecule has 0 amide bonds. The zero-order valence-electron chi connectivity index (χ0n) is 26.1. The van der Waals surface area contributed by atoms with Crippen LogP contribution in [0.3, 0.4) is 0 Å². The molecule has 46 heavy (non-hydrogen) atoms. The molecule has 0 radical (unpaired) electrons. The molecule has 222 valence electrons. The molecular weight excluding hydrogens is 562 g/mol. The summed E-state index contributed by atoms with van der Waals surface area (Å²) in [6, 6.07) is 46.2. The normalized spacial score (nSPS) is 11.9. The van der Waals surface area contributed by atoms with Crippen LogP contribution in [0.5, 0.6) is 5.75 Å². The van der Waals surface area contributed by atoms with Crippen molar-refractivity contribution in [3.63, 3.8) is 0 Å². The number of hydrogen-bond donors (Lipinski definition) is 1. The van der Waals surface area contributed by atoms with Crippen molar-refractivity contribution in [2.45, 2.75) is 26.2 Å². The maximum absolute atomic E-state index is 11.6. The van der Waals surface area contributed by atoms with Gasteiger partial charge in [-0.1, -0.05) is 99.6 Å². The predicted octanol–water partition coefficient (Wildman–Crippen LogP) is 10.7. The number of aromatic hydroxyl groups is 1. The maximum atomic E-state index is 11.6. The minimum atomic E-state index is -0.219. The Morgan fingerprint density at radius 3 is 2.22 bits per heavy atom. The van der Waals surface area contributed by atoms with E-state index < -0.39 is 0 Å². The first kappa shape index (κ1) is 27.8. The van der Waals surface area contributed by atoms with Crippen molar-refractivity contribution in [1.29, 1.82) is 0 Å². The van der Waals surface area contributed by atoms with Gasteiger partial charge in [-0.2, -0.15) is 0 Å². The van der Waals surface area contributed by atoms with Crippen LogP contribution in [0.15, 0.2) is 140 Å². The van der Waals surface area contributed by atoms with Crippen LogP contribution in [0.1, 0.15) is 26.3 Å². The topological polar surface area (TPSA) is 50.9 Å². The Labute approximate surface area is 268 Å². The number of hydrogen-bond acceptors (Lipinski definition) is 3. The molecule has 8 rings (SSSR count). The molecular formula is C42H33N3O. The maximum Gasteiger partial charge on any atom is 0.145 e. The molecule has 3 heterocycles. The molecule has 0 saturated heterocycles. The van der Waals surface area contributed by atoms with Gasteiger partial charge in [-0.05, 0) is 87.5 Å². The second kappa shape index (κ2) is 10.7. The van der Waals surface area contributed by atoms with Crippen molar-refractivity contribution >= 4 is 32.7 Å². The number of nitrogens with zero attached hydrogens (tertiary/aromatic N) is 3. The summed E-state index contributed by atoms with van der Waals surface area (Å²) in [6.07, 6.45) is 1.85. The van der Waals surface area contributed by atoms with E-state index in [1.807, 2.05) is 30.5 Å². The summed E-state index contributed by atoms with van der Waals surface area (Å²) in [5.74, 6) is 0.272. The number of fused-ring (bicyclic) bond motifs is 4. The van der Waals surface area contributed by atoms with Crippen LogP contribution in [0.2, 0.25) is 0 Å². The number of aromatic nitrogens is 3. The van der Waals surface area contributed by atoms with Crippen LogP contribution in [-0.2, 0) is 5.41 Å². The molecule has 0 aliphatic carbocycles. The monoisotopic (exact) mass is 595 g/mol. The minimum Gasteiger partial charge on any atom is -0.507 e. The fourth-order valence-corrected chi connectivity index (χ4v) is 6.57. The molecule has 4 heteroatoms. The molecule has 0 aliphatic rings. The van der Waals surface area contributed by atoms with E-state index in [1.165, 1.54) is 16.2 Å². The lowest BCUT2D eigenvalue weighted by Gasteiger charge is -2.22. The average Bonchev–Trinajstić information content (AvgIpc) is 3.42. The number of benzene rings is 5. The van der Waals surface area contributed by atoms with E-state index >= 15 is 0 Å². The molecule has 3 aromatic heterocycles. The van der Waals surface area contributed by atoms with E-state index in [9.17, 15) is 5.11 Å². The second-order valence-electron chi connectivity index (χ2n) is 12.9. The van der Waals surface area contributed by atoms with Crippen molar-refractivity contribution in [2.24, 2.45) is 0 Å². The van der Waals surface area contributed by atoms with Gasteiger partial charge in [0.25, 0.3) is 0 Å². The summed E-state index contributed by atoms with van der Waals surface area (Å²) < 4.78 is 2.22. The van der Waals surface area contributed by atoms with Gasteiger partial charge in [-0.3, -0.25) is 4.57 Å². The SMILES string of the molecule is CC(C)(C)c1cccc(-c2cc(-c3ccc4ccccc4c3)cc(-c3cccc(-n4c5ccccc5c5cccnc54)c3)n2)c1O. The number of rotatable bonds is 4. The van der Waals surface area contributed by atoms with E-state index in [2.05, 4.69) is 135 Å². The summed E-state index contributed by atoms with van der Waals surface area (Å²) >= 11 is 0. The number of phenolic OH excluding ortho intramolecular Hbond substituents is 1. The third kappa shape index (κ3) is 4.70. The van der Waals surface area contributed by atoms with Crippen LogP contribution in [0, 0.1) is 0 Å². The van der Waals surface area contributed by atoms with E-state index in [0.717, 1.165) is 61.4 Å². The Hall–Kier alpha value is -5.74. The first-order valence-electron chi connectivity index (χ1n) is 15.6. The molecule has 0 saturated carbocycles. The number of pyridine rings is 2. The summed E-state index contributed by atoms with van der Waals surface area (Å²) in [5.41, 5.74) is 9.11. The highest BCUT2D eigenvalue weighted by molar-refractivity contribution is 6.07. The molecule has 4 nitrogen and oxygen atoms in total. The zero-order chi connectivity index (χ0) is 31.4. The van der Waals surface area contributed by atoms with Crippen LogP contribution in [0.25, 0.3) is 72.0 Å². The smallest absolute Gasteiger partial charge is 0.145 e. The van der Waals surface area contributed by atoms with Gasteiger partial charge in [0, 0.05) is 33.8 Å². The fraction of sp³-hybridized carbons (Fsp3) is 0.0952. The van der Waals surface area contributed by atoms with E-state index in [4.69, 9.17) is 9.97 Å². The fourth-order valence-electron chi connectivity index (χ4n) is 6.57. The van der Waals surface area contributed by atoms with Crippen LogP contribution in [-0.4, -0.2) is 19.6 Å². The summed E-state index contributed by atoms with van der Waals surface area (Å²) in [7, 11) is 0. The molecule has 0 fully saturated rings. The summed E-state index contributed by atoms with van der Waals surface area (Å²) in [5, 5.41) is 16.2. The Bertz CT molecular complexity index is 2380. The van der Waals surface area contributed by atoms with Crippen LogP contribution in [0.4, 0.5) is 0 Å². The molecule has 8 aromatic rings. The van der Waals surface area contributed by atoms with Gasteiger partial charge in [0.2, 0.25) is 0 Å². The highest BCUT2D eigenvalue weighted by Gasteiger charge is 2.22. The second-order valence-corrected chi connectivity index (χ2v) is 12.9. The third-order valence-electron chi connectivity index (χ3n) is 8.86. The van der Waals surface area contributed by atoms with Gasteiger partial charge in [0.1, 0.15) is 11.4 Å². The lowest BCUT2D eigenvalue weighted by molar-refractivity contribution is 0.448. The van der Waals surface area contributed by atoms with Crippen LogP contribution < -0.4 is 0 Å². The quantitative estimate of drug-likeness (QED) is 0.220. The Morgan fingerprint density at radius 1 is 0.587 bits per heavy atom. The minimum absolute atomic E-state index is 0.219. The van der Waals surface area contributed by atoms with E-state index in [1.54, 1.807) is 0 Å². The molecule has 0 aliphatic heterocycles. The Balaban J connectivity index is 1.35. The highest BCUT2D eigenvalue weighted by atomic mass is 16.3. The van der Waals surface area contributed by atoms with Gasteiger partial charge >= 0.3 is 0 Å². The van der Waals surface area contributed by atoms with Crippen molar-refractivity contribution in [3.05, 3.63) is 145 Å². The van der Waals surface area contributed by atoms with Gasteiger partial charge in [-0.25, -0.2) is 9.97 Å². The van der Waals surface area contributed by atoms with Gasteiger partial charge in [0.05, 0.1) is 16.9 Å². The van der Waals surface area contributed by atoms with Crippen molar-refractivity contribution in [2.75, 3.05) is 0 Å². The van der Waals surface area contributed by atoms with Gasteiger partial charge in [-0.15, -0.1) is 0 Å². The van der Waals surface area contributed by atoms with Crippen molar-refractivity contribution < 1.29 is 5.11 Å². The molecule has 0 spiro atoms. The summed E-state index contributed by atoms with van der Waals surface area (Å²) in [6.45, 7) is 6.35. The Kier molecular flexibility index (Phi) is 6.47. The standard InChI is InChI=1S/C42H33N3O/c1-42(2,3)36-18-9-16-35(40(36)46)38-26-31(29-21-20-27-11-4-5-12-28(27)23-29)25-37(44-38)30-13-8-14-32(24-30)45-39-19-7-6-15-33(39)34-17-10-22-43-41(34)45/h4-26,46H,1-3H3. The van der Waals surface area contributed by atoms with Gasteiger partial charge in [0.15, 0.2) is 0 Å². The number of para-hydroxylation sites is 2. The average molecular weight is 596 g/mol. The molecule has 5 aromatic carbocycles. The highest BCUT2D eigenvalue weighted by Crippen LogP contribution is 2.40. The first-order chi connectivity index (χ1) is 22.3. The number of phenols is 1. The third-order valence-corrected chi connectivity index (χ3v) is 8.86. The van der Waals surface area contributed by atoms with Crippen molar-refractivity contribution in [3.8, 4) is 45.1 Å². The molecule has 0 bridgehead atoms. The molecule has 1 N–H and O–H groups in total. The largest absolute Gasteiger partial charge is 0.507 e. The van der Waals surface area contributed by atoms with E-state index in [0.29, 0.717) is 0 Å². The Morgan fingerprint density at radius 2 is 1.35 bits per heavy atom. The van der Waals surface area contributed by atoms with Gasteiger partial charge < -0.3 is 5.11 Å². The van der Waals surface area contributed by atoms with Crippen LogP contribution >= 0.6 is 0 Å². The predicted molar refractivity (Wildman–Crippen MR) is 191 cm³/mol. The van der Waals surface area contributed by atoms with Crippen molar-refractivity contribution in [1.82, 2.24) is 14.5 Å².